The average molecular weight is 251 g/mol. The molecule has 0 spiro atoms. The van der Waals surface area contributed by atoms with Crippen LogP contribution in [-0.2, 0) is 9.59 Å². The van der Waals surface area contributed by atoms with Gasteiger partial charge in [0, 0.05) is 0 Å². The zero-order chi connectivity index (χ0) is 13.1. The largest absolute Gasteiger partial charge is 0.480 e. The highest BCUT2D eigenvalue weighted by atomic mass is 19.4. The minimum atomic E-state index is -5.06. The Labute approximate surface area is 95.5 Å². The lowest BCUT2D eigenvalue weighted by atomic mass is 10.1. The van der Waals surface area contributed by atoms with Crippen LogP contribution in [0.3, 0.4) is 0 Å². The fourth-order valence-corrected chi connectivity index (χ4v) is 1.63. The van der Waals surface area contributed by atoms with Gasteiger partial charge in [-0.05, 0) is 25.7 Å². The predicted octanol–water partition coefficient (Wildman–Crippen LogP) is 1.62. The van der Waals surface area contributed by atoms with E-state index in [9.17, 15) is 22.8 Å². The lowest BCUT2D eigenvalue weighted by Gasteiger charge is -2.16. The van der Waals surface area contributed by atoms with Gasteiger partial charge >= 0.3 is 18.1 Å². The standard InChI is InChI=1S/C10H12F3NO3/c11-10(12,13)9(17)14-7(8(15)16)5-6-3-1-2-4-6/h3,7H,1-2,4-5H2,(H,14,17)(H,15,16)/t7-/m0/s1. The van der Waals surface area contributed by atoms with Crippen molar-refractivity contribution in [2.45, 2.75) is 37.9 Å². The second-order valence-electron chi connectivity index (χ2n) is 3.82. The number of rotatable bonds is 4. The van der Waals surface area contributed by atoms with E-state index in [4.69, 9.17) is 5.11 Å². The van der Waals surface area contributed by atoms with Gasteiger partial charge in [0.1, 0.15) is 6.04 Å². The summed E-state index contributed by atoms with van der Waals surface area (Å²) in [5.41, 5.74) is 0.778. The molecule has 0 aromatic carbocycles. The number of halogens is 3. The molecule has 1 aliphatic carbocycles. The molecule has 0 fully saturated rings. The molecule has 2 N–H and O–H groups in total. The maximum absolute atomic E-state index is 12.0. The molecule has 0 saturated carbocycles. The smallest absolute Gasteiger partial charge is 0.471 e. The van der Waals surface area contributed by atoms with Crippen molar-refractivity contribution in [3.63, 3.8) is 0 Å². The van der Waals surface area contributed by atoms with E-state index in [0.29, 0.717) is 6.42 Å². The van der Waals surface area contributed by atoms with Gasteiger partial charge in [-0.25, -0.2) is 4.79 Å². The van der Waals surface area contributed by atoms with Gasteiger partial charge in [-0.2, -0.15) is 13.2 Å². The molecule has 0 aromatic rings. The minimum absolute atomic E-state index is 0.0723. The second-order valence-corrected chi connectivity index (χ2v) is 3.82. The van der Waals surface area contributed by atoms with Gasteiger partial charge < -0.3 is 10.4 Å². The summed E-state index contributed by atoms with van der Waals surface area (Å²) in [4.78, 5) is 21.4. The van der Waals surface area contributed by atoms with E-state index in [-0.39, 0.29) is 6.42 Å². The number of carbonyl (C=O) groups is 2. The van der Waals surface area contributed by atoms with E-state index in [2.05, 4.69) is 0 Å². The van der Waals surface area contributed by atoms with Crippen molar-refractivity contribution in [2.24, 2.45) is 0 Å². The Morgan fingerprint density at radius 1 is 1.47 bits per heavy atom. The van der Waals surface area contributed by atoms with Gasteiger partial charge in [0.25, 0.3) is 0 Å². The number of hydrogen-bond donors (Lipinski definition) is 2. The maximum Gasteiger partial charge on any atom is 0.471 e. The molecular formula is C10H12F3NO3. The monoisotopic (exact) mass is 251 g/mol. The summed E-state index contributed by atoms with van der Waals surface area (Å²) in [5.74, 6) is -3.68. The van der Waals surface area contributed by atoms with E-state index < -0.39 is 24.1 Å². The highest BCUT2D eigenvalue weighted by molar-refractivity contribution is 5.87. The molecule has 7 heteroatoms. The maximum atomic E-state index is 12.0. The minimum Gasteiger partial charge on any atom is -0.480 e. The number of hydrogen-bond acceptors (Lipinski definition) is 2. The lowest BCUT2D eigenvalue weighted by molar-refractivity contribution is -0.175. The summed E-state index contributed by atoms with van der Waals surface area (Å²) in [6.45, 7) is 0. The SMILES string of the molecule is O=C(O)[C@H](CC1=CCCC1)NC(=O)C(F)(F)F. The first-order valence-corrected chi connectivity index (χ1v) is 5.09. The first-order valence-electron chi connectivity index (χ1n) is 5.09. The third kappa shape index (κ3) is 4.08. The number of aliphatic carboxylic acids is 1. The molecule has 0 aliphatic heterocycles. The molecule has 0 aromatic heterocycles. The van der Waals surface area contributed by atoms with E-state index in [1.807, 2.05) is 0 Å². The third-order valence-corrected chi connectivity index (χ3v) is 2.46. The zero-order valence-electron chi connectivity index (χ0n) is 8.88. The van der Waals surface area contributed by atoms with Crippen LogP contribution in [0.4, 0.5) is 13.2 Å². The molecule has 0 unspecified atom stereocenters. The van der Waals surface area contributed by atoms with Gasteiger partial charge in [-0.15, -0.1) is 0 Å². The highest BCUT2D eigenvalue weighted by Crippen LogP contribution is 2.22. The predicted molar refractivity (Wildman–Crippen MR) is 52.2 cm³/mol. The van der Waals surface area contributed by atoms with Crippen molar-refractivity contribution in [1.82, 2.24) is 5.32 Å². The second kappa shape index (κ2) is 5.20. The summed E-state index contributed by atoms with van der Waals surface area (Å²) in [6.07, 6.45) is -0.986. The van der Waals surface area contributed by atoms with Crippen LogP contribution in [0.2, 0.25) is 0 Å². The molecule has 1 aliphatic rings. The molecular weight excluding hydrogens is 239 g/mol. The van der Waals surface area contributed by atoms with E-state index in [1.165, 1.54) is 5.32 Å². The van der Waals surface area contributed by atoms with Crippen LogP contribution in [0, 0.1) is 0 Å². The number of alkyl halides is 3. The molecule has 1 rings (SSSR count). The molecule has 4 nitrogen and oxygen atoms in total. The van der Waals surface area contributed by atoms with E-state index >= 15 is 0 Å². The third-order valence-electron chi connectivity index (χ3n) is 2.46. The Bertz CT molecular complexity index is 349. The Morgan fingerprint density at radius 3 is 2.53 bits per heavy atom. The topological polar surface area (TPSA) is 66.4 Å². The molecule has 17 heavy (non-hydrogen) atoms. The van der Waals surface area contributed by atoms with Crippen molar-refractivity contribution in [3.8, 4) is 0 Å². The number of allylic oxidation sites excluding steroid dienone is 1. The van der Waals surface area contributed by atoms with Crippen molar-refractivity contribution in [2.75, 3.05) is 0 Å². The number of carbonyl (C=O) groups excluding carboxylic acids is 1. The first kappa shape index (κ1) is 13.5. The van der Waals surface area contributed by atoms with Crippen molar-refractivity contribution < 1.29 is 27.9 Å². The Hall–Kier alpha value is -1.53. The average Bonchev–Trinajstić information content (AvgIpc) is 2.67. The summed E-state index contributed by atoms with van der Waals surface area (Å²) < 4.78 is 35.9. The van der Waals surface area contributed by atoms with Crippen molar-refractivity contribution >= 4 is 11.9 Å². The fraction of sp³-hybridized carbons (Fsp3) is 0.600. The lowest BCUT2D eigenvalue weighted by Crippen LogP contribution is -2.46. The normalized spacial score (nSPS) is 17.5. The van der Waals surface area contributed by atoms with Crippen molar-refractivity contribution in [1.29, 1.82) is 0 Å². The summed E-state index contributed by atoms with van der Waals surface area (Å²) in [6, 6.07) is -1.52. The number of carboxylic acid groups (broad SMARTS) is 1. The molecule has 1 atom stereocenters. The van der Waals surface area contributed by atoms with Crippen LogP contribution in [0.25, 0.3) is 0 Å². The van der Waals surface area contributed by atoms with Gasteiger partial charge in [-0.3, -0.25) is 4.79 Å². The number of carboxylic acids is 1. The van der Waals surface area contributed by atoms with Gasteiger partial charge in [0.15, 0.2) is 0 Å². The van der Waals surface area contributed by atoms with Crippen LogP contribution in [0.1, 0.15) is 25.7 Å². The van der Waals surface area contributed by atoms with Crippen LogP contribution in [0.15, 0.2) is 11.6 Å². The molecule has 0 bridgehead atoms. The van der Waals surface area contributed by atoms with Crippen LogP contribution >= 0.6 is 0 Å². The van der Waals surface area contributed by atoms with E-state index in [0.717, 1.165) is 18.4 Å². The summed E-state index contributed by atoms with van der Waals surface area (Å²) in [5, 5.41) is 10.2. The molecule has 0 saturated heterocycles. The zero-order valence-corrected chi connectivity index (χ0v) is 8.88. The first-order chi connectivity index (χ1) is 7.80. The quantitative estimate of drug-likeness (QED) is 0.746. The van der Waals surface area contributed by atoms with Crippen molar-refractivity contribution in [3.05, 3.63) is 11.6 Å². The summed E-state index contributed by atoms with van der Waals surface area (Å²) >= 11 is 0. The van der Waals surface area contributed by atoms with E-state index in [1.54, 1.807) is 6.08 Å². The molecule has 96 valence electrons. The molecule has 0 heterocycles. The van der Waals surface area contributed by atoms with Gasteiger partial charge in [0.2, 0.25) is 0 Å². The Morgan fingerprint density at radius 2 is 2.12 bits per heavy atom. The molecule has 0 radical (unpaired) electrons. The van der Waals surface area contributed by atoms with Crippen LogP contribution < -0.4 is 5.32 Å². The van der Waals surface area contributed by atoms with Crippen LogP contribution in [0.5, 0.6) is 0 Å². The van der Waals surface area contributed by atoms with Gasteiger partial charge in [0.05, 0.1) is 0 Å². The summed E-state index contributed by atoms with van der Waals surface area (Å²) in [7, 11) is 0. The number of amides is 1. The Kier molecular flexibility index (Phi) is 4.14. The van der Waals surface area contributed by atoms with Crippen LogP contribution in [-0.4, -0.2) is 29.2 Å². The Balaban J connectivity index is 2.60. The number of nitrogens with one attached hydrogen (secondary N) is 1. The molecule has 1 amide bonds. The fourth-order valence-electron chi connectivity index (χ4n) is 1.63. The highest BCUT2D eigenvalue weighted by Gasteiger charge is 2.40. The van der Waals surface area contributed by atoms with Gasteiger partial charge in [-0.1, -0.05) is 11.6 Å².